The van der Waals surface area contributed by atoms with Crippen molar-refractivity contribution < 1.29 is 4.79 Å². The Morgan fingerprint density at radius 1 is 1.21 bits per heavy atom. The van der Waals surface area contributed by atoms with Crippen molar-refractivity contribution in [2.75, 3.05) is 39.8 Å². The maximum absolute atomic E-state index is 12.3. The molecule has 1 aliphatic heterocycles. The molecular weight excluding hydrogens is 300 g/mol. The fraction of sp³-hybridized carbons (Fsp3) is 0.474. The van der Waals surface area contributed by atoms with E-state index in [9.17, 15) is 10.1 Å². The summed E-state index contributed by atoms with van der Waals surface area (Å²) in [7, 11) is 2.04. The lowest BCUT2D eigenvalue weighted by Crippen LogP contribution is -2.47. The van der Waals surface area contributed by atoms with E-state index in [1.165, 1.54) is 5.56 Å². The molecule has 0 spiro atoms. The van der Waals surface area contributed by atoms with Crippen LogP contribution in [0.3, 0.4) is 0 Å². The van der Waals surface area contributed by atoms with Crippen molar-refractivity contribution >= 4 is 5.91 Å². The maximum Gasteiger partial charge on any atom is 0.266 e. The lowest BCUT2D eigenvalue weighted by atomic mass is 10.1. The number of piperazine rings is 1. The van der Waals surface area contributed by atoms with Crippen LogP contribution in [0.4, 0.5) is 0 Å². The molecule has 24 heavy (non-hydrogen) atoms. The molecule has 1 heterocycles. The third-order valence-electron chi connectivity index (χ3n) is 4.27. The second-order valence-electron chi connectivity index (χ2n) is 6.16. The summed E-state index contributed by atoms with van der Waals surface area (Å²) in [4.78, 5) is 16.3. The van der Waals surface area contributed by atoms with Crippen molar-refractivity contribution in [2.45, 2.75) is 19.3 Å². The minimum atomic E-state index is -0.164. The summed E-state index contributed by atoms with van der Waals surface area (Å²) in [5.41, 5.74) is 1.54. The van der Waals surface area contributed by atoms with Crippen LogP contribution in [0.5, 0.6) is 0 Å². The van der Waals surface area contributed by atoms with Gasteiger partial charge in [-0.15, -0.1) is 0 Å². The average molecular weight is 326 g/mol. The van der Waals surface area contributed by atoms with Crippen molar-refractivity contribution in [1.29, 1.82) is 5.26 Å². The smallest absolute Gasteiger partial charge is 0.266 e. The summed E-state index contributed by atoms with van der Waals surface area (Å²) in [5, 5.41) is 12.3. The Bertz CT molecular complexity index is 583. The summed E-state index contributed by atoms with van der Waals surface area (Å²) >= 11 is 0. The van der Waals surface area contributed by atoms with Gasteiger partial charge in [0, 0.05) is 38.9 Å². The topological polar surface area (TPSA) is 59.4 Å². The van der Waals surface area contributed by atoms with Crippen molar-refractivity contribution in [1.82, 2.24) is 15.1 Å². The molecule has 0 saturated carbocycles. The predicted octanol–water partition coefficient (Wildman–Crippen LogP) is 1.78. The largest absolute Gasteiger partial charge is 0.390 e. The van der Waals surface area contributed by atoms with E-state index < -0.39 is 0 Å². The fourth-order valence-electron chi connectivity index (χ4n) is 2.70. The lowest BCUT2D eigenvalue weighted by molar-refractivity contribution is -0.128. The Hall–Kier alpha value is -2.32. The zero-order chi connectivity index (χ0) is 17.2. The van der Waals surface area contributed by atoms with Crippen molar-refractivity contribution in [3.8, 4) is 6.07 Å². The van der Waals surface area contributed by atoms with E-state index in [4.69, 9.17) is 0 Å². The summed E-state index contributed by atoms with van der Waals surface area (Å²) < 4.78 is 0. The Morgan fingerprint density at radius 3 is 2.58 bits per heavy atom. The van der Waals surface area contributed by atoms with Gasteiger partial charge in [-0.05, 0) is 31.9 Å². The van der Waals surface area contributed by atoms with Crippen LogP contribution in [0, 0.1) is 11.3 Å². The molecule has 5 heteroatoms. The molecule has 1 saturated heterocycles. The van der Waals surface area contributed by atoms with Crippen molar-refractivity contribution in [3.05, 3.63) is 47.7 Å². The quantitative estimate of drug-likeness (QED) is 0.471. The number of carbonyl (C=O) groups is 1. The van der Waals surface area contributed by atoms with Crippen LogP contribution in [0.2, 0.25) is 0 Å². The molecule has 0 aliphatic carbocycles. The Balaban J connectivity index is 1.69. The number of amides is 1. The minimum absolute atomic E-state index is 0.164. The highest BCUT2D eigenvalue weighted by Crippen LogP contribution is 2.06. The van der Waals surface area contributed by atoms with Crippen LogP contribution < -0.4 is 5.32 Å². The molecule has 128 valence electrons. The van der Waals surface area contributed by atoms with Crippen LogP contribution in [-0.4, -0.2) is 55.5 Å². The van der Waals surface area contributed by atoms with Gasteiger partial charge in [0.25, 0.3) is 5.91 Å². The van der Waals surface area contributed by atoms with Crippen LogP contribution in [-0.2, 0) is 11.2 Å². The van der Waals surface area contributed by atoms with Crippen LogP contribution in [0.25, 0.3) is 0 Å². The number of aryl methyl sites for hydroxylation is 1. The molecule has 0 radical (unpaired) electrons. The number of unbranched alkanes of at least 4 members (excludes halogenated alkanes) is 1. The van der Waals surface area contributed by atoms with Crippen LogP contribution in [0.1, 0.15) is 18.4 Å². The molecule has 0 bridgehead atoms. The molecular formula is C19H26N4O. The number of hydrogen-bond donors (Lipinski definition) is 1. The first-order chi connectivity index (χ1) is 11.7. The molecule has 1 fully saturated rings. The molecule has 1 aromatic rings. The van der Waals surface area contributed by atoms with Gasteiger partial charge in [-0.25, -0.2) is 0 Å². The summed E-state index contributed by atoms with van der Waals surface area (Å²) in [5.74, 6) is -0.164. The van der Waals surface area contributed by atoms with E-state index in [0.29, 0.717) is 13.1 Å². The fourth-order valence-corrected chi connectivity index (χ4v) is 2.70. The summed E-state index contributed by atoms with van der Waals surface area (Å²) in [6.45, 7) is 3.86. The molecule has 0 aromatic heterocycles. The number of likely N-dealkylation sites (N-methyl/N-ethyl adjacent to an activating group) is 1. The number of carbonyl (C=O) groups excluding carboxylic acids is 1. The van der Waals surface area contributed by atoms with Crippen molar-refractivity contribution in [3.63, 3.8) is 0 Å². The highest BCUT2D eigenvalue weighted by atomic mass is 16.2. The van der Waals surface area contributed by atoms with Gasteiger partial charge in [-0.2, -0.15) is 5.26 Å². The second kappa shape index (κ2) is 9.74. The summed E-state index contributed by atoms with van der Waals surface area (Å²) in [6, 6.07) is 12.4. The Labute approximate surface area is 144 Å². The standard InChI is InChI=1S/C19H26N4O/c1-22-11-13-23(14-12-22)19(24)18(15-20)16-21-10-6-5-9-17-7-3-2-4-8-17/h2-4,7-8,16,21H,5-6,9-14H2,1H3/b18-16-. The van der Waals surface area contributed by atoms with E-state index in [2.05, 4.69) is 34.5 Å². The first-order valence-electron chi connectivity index (χ1n) is 8.56. The highest BCUT2D eigenvalue weighted by Gasteiger charge is 2.21. The van der Waals surface area contributed by atoms with Gasteiger partial charge in [0.15, 0.2) is 0 Å². The summed E-state index contributed by atoms with van der Waals surface area (Å²) in [6.07, 6.45) is 4.71. The Kier molecular flexibility index (Phi) is 7.31. The SMILES string of the molecule is CN1CCN(C(=O)/C(C#N)=C\NCCCCc2ccccc2)CC1. The van der Waals surface area contributed by atoms with Crippen LogP contribution >= 0.6 is 0 Å². The van der Waals surface area contributed by atoms with E-state index >= 15 is 0 Å². The van der Waals surface area contributed by atoms with Gasteiger partial charge in [0.05, 0.1) is 0 Å². The highest BCUT2D eigenvalue weighted by molar-refractivity contribution is 5.97. The number of nitrogens with zero attached hydrogens (tertiary/aromatic N) is 3. The van der Waals surface area contributed by atoms with E-state index in [0.717, 1.165) is 38.9 Å². The molecule has 1 aliphatic rings. The first kappa shape index (κ1) is 18.0. The zero-order valence-electron chi connectivity index (χ0n) is 14.4. The average Bonchev–Trinajstić information content (AvgIpc) is 2.62. The third-order valence-corrected chi connectivity index (χ3v) is 4.27. The Morgan fingerprint density at radius 2 is 1.92 bits per heavy atom. The number of rotatable bonds is 7. The van der Waals surface area contributed by atoms with Gasteiger partial charge in [0.1, 0.15) is 11.6 Å². The molecule has 2 rings (SSSR count). The maximum atomic E-state index is 12.3. The molecule has 1 N–H and O–H groups in total. The minimum Gasteiger partial charge on any atom is -0.390 e. The monoisotopic (exact) mass is 326 g/mol. The van der Waals surface area contributed by atoms with Gasteiger partial charge in [-0.1, -0.05) is 30.3 Å². The third kappa shape index (κ3) is 5.71. The molecule has 0 atom stereocenters. The lowest BCUT2D eigenvalue weighted by Gasteiger charge is -2.32. The number of nitriles is 1. The predicted molar refractivity (Wildman–Crippen MR) is 95.2 cm³/mol. The van der Waals surface area contributed by atoms with Gasteiger partial charge < -0.3 is 15.1 Å². The van der Waals surface area contributed by atoms with E-state index in [-0.39, 0.29) is 11.5 Å². The second-order valence-corrected chi connectivity index (χ2v) is 6.16. The first-order valence-corrected chi connectivity index (χ1v) is 8.56. The normalized spacial score (nSPS) is 15.8. The molecule has 5 nitrogen and oxygen atoms in total. The molecule has 1 amide bonds. The van der Waals surface area contributed by atoms with Gasteiger partial charge >= 0.3 is 0 Å². The number of nitrogens with one attached hydrogen (secondary N) is 1. The van der Waals surface area contributed by atoms with Gasteiger partial charge in [-0.3, -0.25) is 4.79 Å². The van der Waals surface area contributed by atoms with E-state index in [1.807, 2.05) is 19.2 Å². The van der Waals surface area contributed by atoms with E-state index in [1.54, 1.807) is 11.1 Å². The van der Waals surface area contributed by atoms with Crippen molar-refractivity contribution in [2.24, 2.45) is 0 Å². The molecule has 1 aromatic carbocycles. The van der Waals surface area contributed by atoms with Gasteiger partial charge in [0.2, 0.25) is 0 Å². The number of benzene rings is 1. The zero-order valence-corrected chi connectivity index (χ0v) is 14.4. The molecule has 0 unspecified atom stereocenters. The van der Waals surface area contributed by atoms with Crippen LogP contribution in [0.15, 0.2) is 42.1 Å². The number of hydrogen-bond acceptors (Lipinski definition) is 4.